The molecule has 0 aliphatic carbocycles. The summed E-state index contributed by atoms with van der Waals surface area (Å²) < 4.78 is 0. The van der Waals surface area contributed by atoms with Crippen LogP contribution >= 0.6 is 22.5 Å². The number of nitrogens with one attached hydrogen (secondary N) is 1. The van der Waals surface area contributed by atoms with Crippen LogP contribution in [0.3, 0.4) is 0 Å². The zero-order chi connectivity index (χ0) is 17.0. The van der Waals surface area contributed by atoms with Crippen molar-refractivity contribution >= 4 is 39.7 Å². The molecule has 22 heavy (non-hydrogen) atoms. The molecule has 3 N–H and O–H groups in total. The molecule has 6 heteroatoms. The van der Waals surface area contributed by atoms with Crippen LogP contribution in [-0.4, -0.2) is 10.9 Å². The number of rotatable bonds is 3. The van der Waals surface area contributed by atoms with E-state index in [1.807, 2.05) is 39.8 Å². The van der Waals surface area contributed by atoms with Gasteiger partial charge in [-0.2, -0.15) is 0 Å². The number of hydrogen-bond acceptors (Lipinski definition) is 5. The molecule has 120 valence electrons. The van der Waals surface area contributed by atoms with E-state index >= 15 is 0 Å². The predicted octanol–water partition coefficient (Wildman–Crippen LogP) is 4.91. The molecule has 0 radical (unpaired) electrons. The molecule has 0 saturated carbocycles. The standard InChI is InChI=1S/C12H11N3OS2.2C2H6/c13-9-3-1-2-4-10(9)15-12(16)8-5-6-11(18-17)14-7-8;2*1-2/h1-7,17H,13H2,(H,15,16);2*1-2H3. The predicted molar refractivity (Wildman–Crippen MR) is 101 cm³/mol. The third-order valence-electron chi connectivity index (χ3n) is 2.30. The Balaban J connectivity index is 0.00000102. The molecule has 2 rings (SSSR count). The summed E-state index contributed by atoms with van der Waals surface area (Å²) in [6.45, 7) is 8.00. The van der Waals surface area contributed by atoms with Crippen LogP contribution in [0.25, 0.3) is 0 Å². The number of hydrogen-bond donors (Lipinski definition) is 3. The molecular formula is C16H23N3OS2. The van der Waals surface area contributed by atoms with Gasteiger partial charge in [0.2, 0.25) is 0 Å². The lowest BCUT2D eigenvalue weighted by molar-refractivity contribution is 0.102. The van der Waals surface area contributed by atoms with Gasteiger partial charge in [-0.05, 0) is 35.1 Å². The van der Waals surface area contributed by atoms with E-state index in [0.717, 1.165) is 5.03 Å². The number of nitrogens with two attached hydrogens (primary N) is 1. The van der Waals surface area contributed by atoms with E-state index in [1.165, 1.54) is 17.0 Å². The summed E-state index contributed by atoms with van der Waals surface area (Å²) in [7, 11) is 1.23. The number of benzene rings is 1. The lowest BCUT2D eigenvalue weighted by Gasteiger charge is -2.07. The van der Waals surface area contributed by atoms with Gasteiger partial charge in [-0.1, -0.05) is 39.8 Å². The second kappa shape index (κ2) is 11.9. The highest BCUT2D eigenvalue weighted by atomic mass is 33.1. The smallest absolute Gasteiger partial charge is 0.257 e. The molecular weight excluding hydrogens is 314 g/mol. The third kappa shape index (κ3) is 6.41. The van der Waals surface area contributed by atoms with Gasteiger partial charge in [-0.3, -0.25) is 4.79 Å². The minimum Gasteiger partial charge on any atom is -0.397 e. The van der Waals surface area contributed by atoms with E-state index in [0.29, 0.717) is 16.9 Å². The van der Waals surface area contributed by atoms with Crippen molar-refractivity contribution in [3.8, 4) is 0 Å². The molecule has 0 aliphatic heterocycles. The Hall–Kier alpha value is -1.66. The number of aromatic nitrogens is 1. The maximum atomic E-state index is 11.9. The molecule has 0 bridgehead atoms. The number of carbonyl (C=O) groups is 1. The summed E-state index contributed by atoms with van der Waals surface area (Å²) in [6, 6.07) is 10.5. The summed E-state index contributed by atoms with van der Waals surface area (Å²) in [5.41, 5.74) is 7.35. The SMILES string of the molecule is CC.CC.Nc1ccccc1NC(=O)c1ccc(SS)nc1. The van der Waals surface area contributed by atoms with Gasteiger partial charge >= 0.3 is 0 Å². The Kier molecular flexibility index (Phi) is 11.0. The van der Waals surface area contributed by atoms with Crippen molar-refractivity contribution < 1.29 is 4.79 Å². The first-order chi connectivity index (χ1) is 10.7. The van der Waals surface area contributed by atoms with Gasteiger partial charge in [0.25, 0.3) is 5.91 Å². The van der Waals surface area contributed by atoms with Gasteiger partial charge in [0.05, 0.1) is 16.9 Å². The van der Waals surface area contributed by atoms with Crippen LogP contribution in [0, 0.1) is 0 Å². The first-order valence-corrected chi connectivity index (χ1v) is 9.01. The minimum atomic E-state index is -0.240. The largest absolute Gasteiger partial charge is 0.397 e. The van der Waals surface area contributed by atoms with Crippen LogP contribution in [0.1, 0.15) is 38.1 Å². The highest BCUT2D eigenvalue weighted by molar-refractivity contribution is 8.68. The van der Waals surface area contributed by atoms with Crippen LogP contribution in [0.2, 0.25) is 0 Å². The van der Waals surface area contributed by atoms with E-state index in [1.54, 1.807) is 24.3 Å². The molecule has 0 fully saturated rings. The van der Waals surface area contributed by atoms with Gasteiger partial charge in [0, 0.05) is 6.20 Å². The Bertz CT molecular complexity index is 560. The lowest BCUT2D eigenvalue weighted by atomic mass is 10.2. The van der Waals surface area contributed by atoms with Crippen LogP contribution < -0.4 is 11.1 Å². The number of pyridine rings is 1. The van der Waals surface area contributed by atoms with Gasteiger partial charge in [0.1, 0.15) is 5.03 Å². The minimum absolute atomic E-state index is 0.240. The molecule has 1 aromatic heterocycles. The fourth-order valence-corrected chi connectivity index (χ4v) is 1.93. The Morgan fingerprint density at radius 3 is 2.27 bits per heavy atom. The van der Waals surface area contributed by atoms with Crippen molar-refractivity contribution in [1.82, 2.24) is 4.98 Å². The number of carbonyl (C=O) groups excluding carboxylic acids is 1. The second-order valence-electron chi connectivity index (χ2n) is 3.52. The quantitative estimate of drug-likeness (QED) is 0.423. The van der Waals surface area contributed by atoms with Crippen molar-refractivity contribution in [2.24, 2.45) is 0 Å². The summed E-state index contributed by atoms with van der Waals surface area (Å²) in [5, 5.41) is 3.48. The normalized spacial score (nSPS) is 8.77. The number of nitrogens with zero attached hydrogens (tertiary/aromatic N) is 1. The topological polar surface area (TPSA) is 68.0 Å². The summed E-state index contributed by atoms with van der Waals surface area (Å²) in [5.74, 6) is -0.240. The Morgan fingerprint density at radius 2 is 1.77 bits per heavy atom. The Labute approximate surface area is 141 Å². The molecule has 4 nitrogen and oxygen atoms in total. The van der Waals surface area contributed by atoms with Crippen LogP contribution in [-0.2, 0) is 0 Å². The van der Waals surface area contributed by atoms with Gasteiger partial charge in [0.15, 0.2) is 0 Å². The lowest BCUT2D eigenvalue weighted by Crippen LogP contribution is -2.13. The molecule has 1 heterocycles. The summed E-state index contributed by atoms with van der Waals surface area (Å²) >= 11 is 4.03. The average molecular weight is 338 g/mol. The van der Waals surface area contributed by atoms with Crippen molar-refractivity contribution in [2.45, 2.75) is 32.7 Å². The first-order valence-electron chi connectivity index (χ1n) is 7.14. The second-order valence-corrected chi connectivity index (χ2v) is 4.67. The molecule has 0 atom stereocenters. The van der Waals surface area contributed by atoms with E-state index < -0.39 is 0 Å². The van der Waals surface area contributed by atoms with Crippen molar-refractivity contribution in [3.63, 3.8) is 0 Å². The average Bonchev–Trinajstić information content (AvgIpc) is 2.60. The van der Waals surface area contributed by atoms with E-state index in [9.17, 15) is 4.79 Å². The van der Waals surface area contributed by atoms with Gasteiger partial charge in [-0.15, -0.1) is 11.7 Å². The number of nitrogen functional groups attached to an aromatic ring is 1. The zero-order valence-corrected chi connectivity index (χ0v) is 15.0. The number of para-hydroxylation sites is 2. The van der Waals surface area contributed by atoms with Gasteiger partial charge < -0.3 is 11.1 Å². The molecule has 0 unspecified atom stereocenters. The molecule has 0 saturated heterocycles. The maximum Gasteiger partial charge on any atom is 0.257 e. The molecule has 1 aromatic carbocycles. The van der Waals surface area contributed by atoms with Gasteiger partial charge in [-0.25, -0.2) is 4.98 Å². The highest BCUT2D eigenvalue weighted by Crippen LogP contribution is 2.20. The summed E-state index contributed by atoms with van der Waals surface area (Å²) in [6.07, 6.45) is 1.51. The fourth-order valence-electron chi connectivity index (χ4n) is 1.37. The Morgan fingerprint density at radius 1 is 1.14 bits per heavy atom. The zero-order valence-electron chi connectivity index (χ0n) is 13.3. The fraction of sp³-hybridized carbons (Fsp3) is 0.250. The third-order valence-corrected chi connectivity index (χ3v) is 3.29. The van der Waals surface area contributed by atoms with E-state index in [4.69, 9.17) is 5.73 Å². The molecule has 0 aliphatic rings. The van der Waals surface area contributed by atoms with Crippen LogP contribution in [0.15, 0.2) is 47.6 Å². The monoisotopic (exact) mass is 337 g/mol. The maximum absolute atomic E-state index is 11.9. The van der Waals surface area contributed by atoms with Crippen molar-refractivity contribution in [2.75, 3.05) is 11.1 Å². The molecule has 2 aromatic rings. The molecule has 1 amide bonds. The number of amides is 1. The van der Waals surface area contributed by atoms with E-state index in [2.05, 4.69) is 22.0 Å². The van der Waals surface area contributed by atoms with Crippen molar-refractivity contribution in [3.05, 3.63) is 48.2 Å². The summed E-state index contributed by atoms with van der Waals surface area (Å²) in [4.78, 5) is 16.0. The van der Waals surface area contributed by atoms with Crippen molar-refractivity contribution in [1.29, 1.82) is 0 Å². The number of thiol groups is 1. The van der Waals surface area contributed by atoms with Crippen LogP contribution in [0.4, 0.5) is 11.4 Å². The highest BCUT2D eigenvalue weighted by Gasteiger charge is 2.08. The number of anilines is 2. The molecule has 0 spiro atoms. The first kappa shape index (κ1) is 20.3. The van der Waals surface area contributed by atoms with E-state index in [-0.39, 0.29) is 5.91 Å². The van der Waals surface area contributed by atoms with Crippen LogP contribution in [0.5, 0.6) is 0 Å².